The lowest BCUT2D eigenvalue weighted by Gasteiger charge is -2.31. The molecule has 0 fully saturated rings. The van der Waals surface area contributed by atoms with Gasteiger partial charge in [-0.3, -0.25) is 14.7 Å². The zero-order valence-corrected chi connectivity index (χ0v) is 17.0. The second kappa shape index (κ2) is 11.3. The monoisotopic (exact) mass is 341 g/mol. The topological polar surface area (TPSA) is 68.8 Å². The Balaban J connectivity index is 4.51. The molecule has 0 aliphatic carbocycles. The number of guanidine groups is 1. The van der Waals surface area contributed by atoms with Gasteiger partial charge in [-0.05, 0) is 46.2 Å². The SMILES string of the molecule is CCN(CC)C(CNC(=NC)NCC(=O)NC(C)(C)C)CC(C)C. The highest BCUT2D eigenvalue weighted by molar-refractivity contribution is 5.86. The molecule has 0 aromatic carbocycles. The van der Waals surface area contributed by atoms with Crippen molar-refractivity contribution in [2.45, 2.75) is 66.5 Å². The summed E-state index contributed by atoms with van der Waals surface area (Å²) < 4.78 is 0. The predicted molar refractivity (Wildman–Crippen MR) is 103 cm³/mol. The summed E-state index contributed by atoms with van der Waals surface area (Å²) >= 11 is 0. The van der Waals surface area contributed by atoms with Crippen molar-refractivity contribution >= 4 is 11.9 Å². The Morgan fingerprint density at radius 2 is 1.71 bits per heavy atom. The van der Waals surface area contributed by atoms with E-state index in [2.05, 4.69) is 53.5 Å². The summed E-state index contributed by atoms with van der Waals surface area (Å²) in [5.41, 5.74) is -0.221. The Bertz CT molecular complexity index is 383. The first-order chi connectivity index (χ1) is 11.1. The predicted octanol–water partition coefficient (Wildman–Crippen LogP) is 1.82. The first-order valence-corrected chi connectivity index (χ1v) is 9.12. The van der Waals surface area contributed by atoms with E-state index in [9.17, 15) is 4.79 Å². The van der Waals surface area contributed by atoms with Crippen LogP contribution in [0.4, 0.5) is 0 Å². The van der Waals surface area contributed by atoms with Crippen LogP contribution in [0.1, 0.15) is 54.9 Å². The van der Waals surface area contributed by atoms with Crippen LogP contribution in [-0.2, 0) is 4.79 Å². The maximum atomic E-state index is 11.9. The van der Waals surface area contributed by atoms with Gasteiger partial charge < -0.3 is 16.0 Å². The third-order valence-electron chi connectivity index (χ3n) is 3.73. The number of carbonyl (C=O) groups excluding carboxylic acids is 1. The van der Waals surface area contributed by atoms with E-state index in [-0.39, 0.29) is 18.0 Å². The molecule has 1 atom stereocenters. The number of hydrogen-bond acceptors (Lipinski definition) is 3. The summed E-state index contributed by atoms with van der Waals surface area (Å²) in [5.74, 6) is 1.28. The Morgan fingerprint density at radius 1 is 1.12 bits per heavy atom. The van der Waals surface area contributed by atoms with E-state index in [0.717, 1.165) is 26.1 Å². The molecule has 3 N–H and O–H groups in total. The van der Waals surface area contributed by atoms with E-state index in [1.54, 1.807) is 7.05 Å². The molecule has 24 heavy (non-hydrogen) atoms. The van der Waals surface area contributed by atoms with Gasteiger partial charge in [0.1, 0.15) is 0 Å². The molecule has 0 saturated carbocycles. The van der Waals surface area contributed by atoms with Gasteiger partial charge in [0.25, 0.3) is 0 Å². The van der Waals surface area contributed by atoms with Gasteiger partial charge in [0.15, 0.2) is 5.96 Å². The average molecular weight is 342 g/mol. The van der Waals surface area contributed by atoms with Crippen LogP contribution in [0.5, 0.6) is 0 Å². The van der Waals surface area contributed by atoms with Gasteiger partial charge in [-0.15, -0.1) is 0 Å². The molecule has 0 aliphatic rings. The van der Waals surface area contributed by atoms with Crippen LogP contribution in [0.15, 0.2) is 4.99 Å². The van der Waals surface area contributed by atoms with Gasteiger partial charge in [0.2, 0.25) is 5.91 Å². The summed E-state index contributed by atoms with van der Waals surface area (Å²) in [4.78, 5) is 18.6. The van der Waals surface area contributed by atoms with Gasteiger partial charge in [0.05, 0.1) is 6.54 Å². The molecule has 0 heterocycles. The summed E-state index contributed by atoms with van der Waals surface area (Å²) in [5, 5.41) is 9.38. The maximum absolute atomic E-state index is 11.9. The molecule has 0 aromatic rings. The van der Waals surface area contributed by atoms with Gasteiger partial charge in [0, 0.05) is 25.2 Å². The summed E-state index contributed by atoms with van der Waals surface area (Å²) in [6, 6.07) is 0.460. The first kappa shape index (κ1) is 22.7. The van der Waals surface area contributed by atoms with Crippen LogP contribution in [0, 0.1) is 5.92 Å². The minimum absolute atomic E-state index is 0.0343. The van der Waals surface area contributed by atoms with Crippen LogP contribution >= 0.6 is 0 Å². The molecule has 1 amide bonds. The fourth-order valence-electron chi connectivity index (χ4n) is 2.71. The molecule has 6 nitrogen and oxygen atoms in total. The van der Waals surface area contributed by atoms with Gasteiger partial charge in [-0.25, -0.2) is 0 Å². The third-order valence-corrected chi connectivity index (χ3v) is 3.73. The maximum Gasteiger partial charge on any atom is 0.239 e. The van der Waals surface area contributed by atoms with Crippen LogP contribution in [0.3, 0.4) is 0 Å². The average Bonchev–Trinajstić information content (AvgIpc) is 2.45. The second-order valence-electron chi connectivity index (χ2n) is 7.61. The summed E-state index contributed by atoms with van der Waals surface area (Å²) in [6.07, 6.45) is 1.14. The molecule has 0 saturated heterocycles. The number of amides is 1. The normalized spacial score (nSPS) is 14.0. The minimum atomic E-state index is -0.221. The molecular formula is C18H39N5O. The Labute approximate surface area is 148 Å². The molecule has 0 spiro atoms. The van der Waals surface area contributed by atoms with Crippen LogP contribution < -0.4 is 16.0 Å². The highest BCUT2D eigenvalue weighted by atomic mass is 16.2. The number of carbonyl (C=O) groups is 1. The van der Waals surface area contributed by atoms with Crippen LogP contribution in [0.2, 0.25) is 0 Å². The summed E-state index contributed by atoms with van der Waals surface area (Å²) in [6.45, 7) is 17.9. The van der Waals surface area contributed by atoms with Crippen molar-refractivity contribution in [2.75, 3.05) is 33.2 Å². The van der Waals surface area contributed by atoms with Gasteiger partial charge in [-0.1, -0.05) is 27.7 Å². The van der Waals surface area contributed by atoms with Crippen molar-refractivity contribution in [3.8, 4) is 0 Å². The lowest BCUT2D eigenvalue weighted by Crippen LogP contribution is -2.50. The fourth-order valence-corrected chi connectivity index (χ4v) is 2.71. The molecule has 1 unspecified atom stereocenters. The van der Waals surface area contributed by atoms with E-state index in [1.165, 1.54) is 0 Å². The molecule has 6 heteroatoms. The van der Waals surface area contributed by atoms with E-state index in [4.69, 9.17) is 0 Å². The zero-order chi connectivity index (χ0) is 18.8. The third kappa shape index (κ3) is 10.5. The van der Waals surface area contributed by atoms with Crippen molar-refractivity contribution in [1.82, 2.24) is 20.9 Å². The highest BCUT2D eigenvalue weighted by Gasteiger charge is 2.18. The van der Waals surface area contributed by atoms with Gasteiger partial charge >= 0.3 is 0 Å². The van der Waals surface area contributed by atoms with Gasteiger partial charge in [-0.2, -0.15) is 0 Å². The molecular weight excluding hydrogens is 302 g/mol. The fraction of sp³-hybridized carbons (Fsp3) is 0.889. The quantitative estimate of drug-likeness (QED) is 0.442. The molecule has 0 aromatic heterocycles. The molecule has 0 rings (SSSR count). The number of aliphatic imine (C=N–C) groups is 1. The highest BCUT2D eigenvalue weighted by Crippen LogP contribution is 2.10. The van der Waals surface area contributed by atoms with E-state index < -0.39 is 0 Å². The Kier molecular flexibility index (Phi) is 10.7. The standard InChI is InChI=1S/C18H39N5O/c1-9-23(10-2)15(11-14(3)4)12-20-17(19-8)21-13-16(24)22-18(5,6)7/h14-15H,9-13H2,1-8H3,(H,22,24)(H2,19,20,21). The lowest BCUT2D eigenvalue weighted by atomic mass is 10.0. The van der Waals surface area contributed by atoms with E-state index in [0.29, 0.717) is 17.9 Å². The van der Waals surface area contributed by atoms with Crippen LogP contribution in [0.25, 0.3) is 0 Å². The van der Waals surface area contributed by atoms with Crippen molar-refractivity contribution in [3.63, 3.8) is 0 Å². The van der Waals surface area contributed by atoms with E-state index >= 15 is 0 Å². The minimum Gasteiger partial charge on any atom is -0.355 e. The Hall–Kier alpha value is -1.30. The van der Waals surface area contributed by atoms with Crippen molar-refractivity contribution in [3.05, 3.63) is 0 Å². The van der Waals surface area contributed by atoms with Crippen molar-refractivity contribution < 1.29 is 4.79 Å². The number of nitrogens with zero attached hydrogens (tertiary/aromatic N) is 2. The second-order valence-corrected chi connectivity index (χ2v) is 7.61. The first-order valence-electron chi connectivity index (χ1n) is 9.12. The molecule has 0 bridgehead atoms. The summed E-state index contributed by atoms with van der Waals surface area (Å²) in [7, 11) is 1.73. The number of hydrogen-bond donors (Lipinski definition) is 3. The molecule has 0 radical (unpaired) electrons. The molecule has 0 aliphatic heterocycles. The van der Waals surface area contributed by atoms with E-state index in [1.807, 2.05) is 20.8 Å². The zero-order valence-electron chi connectivity index (χ0n) is 17.0. The number of likely N-dealkylation sites (N-methyl/N-ethyl adjacent to an activating group) is 1. The van der Waals surface area contributed by atoms with Crippen molar-refractivity contribution in [1.29, 1.82) is 0 Å². The molecule has 142 valence electrons. The number of nitrogens with one attached hydrogen (secondary N) is 3. The Morgan fingerprint density at radius 3 is 2.12 bits per heavy atom. The largest absolute Gasteiger partial charge is 0.355 e. The smallest absolute Gasteiger partial charge is 0.239 e. The lowest BCUT2D eigenvalue weighted by molar-refractivity contribution is -0.121. The van der Waals surface area contributed by atoms with Crippen molar-refractivity contribution in [2.24, 2.45) is 10.9 Å². The van der Waals surface area contributed by atoms with Crippen LogP contribution in [-0.4, -0.2) is 61.6 Å². The number of rotatable bonds is 9.